The van der Waals surface area contributed by atoms with Crippen LogP contribution < -0.4 is 15.2 Å². The SMILES string of the molecule is CCOc1ccc([C@H](N)CC(F)F)cc1OC.Cl. The molecular formula is C12H18ClF2NO2. The number of ether oxygens (including phenoxy) is 2. The van der Waals surface area contributed by atoms with Crippen molar-refractivity contribution in [3.63, 3.8) is 0 Å². The van der Waals surface area contributed by atoms with Gasteiger partial charge in [-0.3, -0.25) is 0 Å². The molecule has 18 heavy (non-hydrogen) atoms. The second-order valence-electron chi connectivity index (χ2n) is 3.58. The average molecular weight is 282 g/mol. The number of hydrogen-bond acceptors (Lipinski definition) is 3. The molecule has 1 aromatic rings. The fraction of sp³-hybridized carbons (Fsp3) is 0.500. The van der Waals surface area contributed by atoms with Crippen LogP contribution in [0, 0.1) is 0 Å². The first-order chi connectivity index (χ1) is 8.08. The first-order valence-electron chi connectivity index (χ1n) is 5.43. The molecule has 2 N–H and O–H groups in total. The highest BCUT2D eigenvalue weighted by molar-refractivity contribution is 5.85. The van der Waals surface area contributed by atoms with E-state index < -0.39 is 12.5 Å². The van der Waals surface area contributed by atoms with Crippen molar-refractivity contribution in [3.8, 4) is 11.5 Å². The van der Waals surface area contributed by atoms with E-state index in [1.807, 2.05) is 6.92 Å². The Morgan fingerprint density at radius 1 is 1.28 bits per heavy atom. The molecule has 0 radical (unpaired) electrons. The third-order valence-corrected chi connectivity index (χ3v) is 2.35. The second kappa shape index (κ2) is 8.11. The average Bonchev–Trinajstić information content (AvgIpc) is 2.29. The molecule has 104 valence electrons. The summed E-state index contributed by atoms with van der Waals surface area (Å²) in [6.45, 7) is 2.37. The van der Waals surface area contributed by atoms with E-state index in [-0.39, 0.29) is 18.8 Å². The molecule has 0 aliphatic rings. The van der Waals surface area contributed by atoms with E-state index in [1.165, 1.54) is 7.11 Å². The zero-order valence-corrected chi connectivity index (χ0v) is 11.2. The molecular weight excluding hydrogens is 264 g/mol. The lowest BCUT2D eigenvalue weighted by atomic mass is 10.0. The predicted molar refractivity (Wildman–Crippen MR) is 69.0 cm³/mol. The molecule has 0 unspecified atom stereocenters. The molecule has 0 saturated carbocycles. The Morgan fingerprint density at radius 3 is 2.44 bits per heavy atom. The Hall–Kier alpha value is -1.07. The van der Waals surface area contributed by atoms with Crippen LogP contribution in [0.25, 0.3) is 0 Å². The predicted octanol–water partition coefficient (Wildman–Crippen LogP) is 3.17. The second-order valence-corrected chi connectivity index (χ2v) is 3.58. The maximum Gasteiger partial charge on any atom is 0.240 e. The molecule has 0 aliphatic heterocycles. The van der Waals surface area contributed by atoms with Crippen molar-refractivity contribution in [2.24, 2.45) is 5.73 Å². The van der Waals surface area contributed by atoms with Crippen molar-refractivity contribution in [1.82, 2.24) is 0 Å². The molecule has 0 bridgehead atoms. The Kier molecular flexibility index (Phi) is 7.62. The molecule has 0 aromatic heterocycles. The molecule has 1 atom stereocenters. The maximum absolute atomic E-state index is 12.2. The molecule has 0 saturated heterocycles. The minimum absolute atomic E-state index is 0. The summed E-state index contributed by atoms with van der Waals surface area (Å²) >= 11 is 0. The van der Waals surface area contributed by atoms with Gasteiger partial charge in [-0.05, 0) is 24.6 Å². The zero-order chi connectivity index (χ0) is 12.8. The number of benzene rings is 1. The van der Waals surface area contributed by atoms with Crippen LogP contribution in [0.1, 0.15) is 24.9 Å². The Labute approximate surface area is 112 Å². The molecule has 1 rings (SSSR count). The molecule has 0 spiro atoms. The number of hydrogen-bond donors (Lipinski definition) is 1. The van der Waals surface area contributed by atoms with Gasteiger partial charge in [-0.25, -0.2) is 8.78 Å². The van der Waals surface area contributed by atoms with Gasteiger partial charge in [-0.15, -0.1) is 12.4 Å². The van der Waals surface area contributed by atoms with E-state index in [0.29, 0.717) is 23.7 Å². The fourth-order valence-corrected chi connectivity index (χ4v) is 1.52. The Bertz CT molecular complexity index is 364. The largest absolute Gasteiger partial charge is 0.493 e. The van der Waals surface area contributed by atoms with Crippen molar-refractivity contribution in [1.29, 1.82) is 0 Å². The van der Waals surface area contributed by atoms with Gasteiger partial charge in [0.1, 0.15) is 0 Å². The number of alkyl halides is 2. The van der Waals surface area contributed by atoms with Crippen LogP contribution in [0.4, 0.5) is 8.78 Å². The zero-order valence-electron chi connectivity index (χ0n) is 10.4. The van der Waals surface area contributed by atoms with Crippen molar-refractivity contribution in [3.05, 3.63) is 23.8 Å². The standard InChI is InChI=1S/C12H17F2NO2.ClH/c1-3-17-10-5-4-8(6-11(10)16-2)9(15)7-12(13)14;/h4-6,9,12H,3,7,15H2,1-2H3;1H/t9-;/m1./s1. The van der Waals surface area contributed by atoms with Crippen LogP contribution in [0.3, 0.4) is 0 Å². The van der Waals surface area contributed by atoms with E-state index in [0.717, 1.165) is 0 Å². The maximum atomic E-state index is 12.2. The van der Waals surface area contributed by atoms with Crippen LogP contribution >= 0.6 is 12.4 Å². The highest BCUT2D eigenvalue weighted by atomic mass is 35.5. The monoisotopic (exact) mass is 281 g/mol. The van der Waals surface area contributed by atoms with Crippen molar-refractivity contribution in [2.45, 2.75) is 25.8 Å². The summed E-state index contributed by atoms with van der Waals surface area (Å²) in [7, 11) is 1.50. The molecule has 0 fully saturated rings. The quantitative estimate of drug-likeness (QED) is 0.871. The van der Waals surface area contributed by atoms with Crippen LogP contribution in [0.5, 0.6) is 11.5 Å². The van der Waals surface area contributed by atoms with E-state index in [9.17, 15) is 8.78 Å². The lowest BCUT2D eigenvalue weighted by Gasteiger charge is -2.15. The van der Waals surface area contributed by atoms with Crippen LogP contribution in [-0.4, -0.2) is 20.1 Å². The van der Waals surface area contributed by atoms with Crippen LogP contribution in [0.15, 0.2) is 18.2 Å². The Balaban J connectivity index is 0.00000289. The minimum Gasteiger partial charge on any atom is -0.493 e. The van der Waals surface area contributed by atoms with Crippen LogP contribution in [0.2, 0.25) is 0 Å². The summed E-state index contributed by atoms with van der Waals surface area (Å²) in [5.74, 6) is 1.09. The smallest absolute Gasteiger partial charge is 0.240 e. The summed E-state index contributed by atoms with van der Waals surface area (Å²) in [6.07, 6.45) is -2.78. The summed E-state index contributed by atoms with van der Waals surface area (Å²) in [6, 6.07) is 4.31. The summed E-state index contributed by atoms with van der Waals surface area (Å²) in [5.41, 5.74) is 6.28. The molecule has 6 heteroatoms. The summed E-state index contributed by atoms with van der Waals surface area (Å²) in [5, 5.41) is 0. The van der Waals surface area contributed by atoms with E-state index in [1.54, 1.807) is 18.2 Å². The van der Waals surface area contributed by atoms with E-state index in [2.05, 4.69) is 0 Å². The van der Waals surface area contributed by atoms with Gasteiger partial charge < -0.3 is 15.2 Å². The van der Waals surface area contributed by atoms with Gasteiger partial charge in [0.25, 0.3) is 0 Å². The van der Waals surface area contributed by atoms with E-state index in [4.69, 9.17) is 15.2 Å². The number of nitrogens with two attached hydrogens (primary N) is 1. The van der Waals surface area contributed by atoms with Crippen molar-refractivity contribution < 1.29 is 18.3 Å². The number of methoxy groups -OCH3 is 1. The van der Waals surface area contributed by atoms with Crippen molar-refractivity contribution in [2.75, 3.05) is 13.7 Å². The summed E-state index contributed by atoms with van der Waals surface area (Å²) < 4.78 is 34.9. The number of halogens is 3. The van der Waals surface area contributed by atoms with Gasteiger partial charge in [-0.1, -0.05) is 6.07 Å². The van der Waals surface area contributed by atoms with E-state index >= 15 is 0 Å². The first-order valence-corrected chi connectivity index (χ1v) is 5.43. The molecule has 1 aromatic carbocycles. The Morgan fingerprint density at radius 2 is 1.94 bits per heavy atom. The molecule has 0 heterocycles. The van der Waals surface area contributed by atoms with Gasteiger partial charge in [0, 0.05) is 12.5 Å². The molecule has 0 aliphatic carbocycles. The number of rotatable bonds is 6. The molecule has 3 nitrogen and oxygen atoms in total. The molecule has 0 amide bonds. The lowest BCUT2D eigenvalue weighted by Crippen LogP contribution is -2.14. The normalized spacial score (nSPS) is 11.9. The van der Waals surface area contributed by atoms with Gasteiger partial charge in [0.05, 0.1) is 13.7 Å². The van der Waals surface area contributed by atoms with Gasteiger partial charge in [0.15, 0.2) is 11.5 Å². The van der Waals surface area contributed by atoms with Gasteiger partial charge in [0.2, 0.25) is 6.43 Å². The van der Waals surface area contributed by atoms with Gasteiger partial charge >= 0.3 is 0 Å². The fourth-order valence-electron chi connectivity index (χ4n) is 1.52. The third kappa shape index (κ3) is 4.66. The first kappa shape index (κ1) is 16.9. The summed E-state index contributed by atoms with van der Waals surface area (Å²) in [4.78, 5) is 0. The highest BCUT2D eigenvalue weighted by Gasteiger charge is 2.15. The highest BCUT2D eigenvalue weighted by Crippen LogP contribution is 2.31. The van der Waals surface area contributed by atoms with Crippen molar-refractivity contribution >= 4 is 12.4 Å². The third-order valence-electron chi connectivity index (χ3n) is 2.35. The topological polar surface area (TPSA) is 44.5 Å². The minimum atomic E-state index is -2.41. The lowest BCUT2D eigenvalue weighted by molar-refractivity contribution is 0.128. The van der Waals surface area contributed by atoms with Crippen LogP contribution in [-0.2, 0) is 0 Å². The van der Waals surface area contributed by atoms with Gasteiger partial charge in [-0.2, -0.15) is 0 Å².